The predicted molar refractivity (Wildman–Crippen MR) is 71.2 cm³/mol. The molecule has 5 nitrogen and oxygen atoms in total. The van der Waals surface area contributed by atoms with Crippen LogP contribution in [0.5, 0.6) is 5.75 Å². The molecule has 1 aliphatic carbocycles. The monoisotopic (exact) mass is 265 g/mol. The van der Waals surface area contributed by atoms with Gasteiger partial charge in [-0.2, -0.15) is 0 Å². The van der Waals surface area contributed by atoms with Crippen molar-refractivity contribution in [1.82, 2.24) is 0 Å². The van der Waals surface area contributed by atoms with E-state index in [9.17, 15) is 15.2 Å². The fourth-order valence-corrected chi connectivity index (χ4v) is 2.45. The summed E-state index contributed by atoms with van der Waals surface area (Å²) in [4.78, 5) is 10.3. The zero-order chi connectivity index (χ0) is 13.8. The van der Waals surface area contributed by atoms with Crippen molar-refractivity contribution in [2.75, 3.05) is 0 Å². The van der Waals surface area contributed by atoms with Crippen LogP contribution in [0.2, 0.25) is 0 Å². The molecule has 0 radical (unpaired) electrons. The summed E-state index contributed by atoms with van der Waals surface area (Å²) in [6, 6.07) is 4.40. The summed E-state index contributed by atoms with van der Waals surface area (Å²) in [5, 5.41) is 20.5. The van der Waals surface area contributed by atoms with Gasteiger partial charge in [0.25, 0.3) is 5.69 Å². The number of aliphatic hydroxyl groups is 1. The molecule has 0 saturated heterocycles. The Morgan fingerprint density at radius 3 is 2.63 bits per heavy atom. The van der Waals surface area contributed by atoms with Crippen LogP contribution in [0.4, 0.5) is 5.69 Å². The van der Waals surface area contributed by atoms with E-state index in [0.29, 0.717) is 11.3 Å². The lowest BCUT2D eigenvalue weighted by Gasteiger charge is -2.24. The lowest BCUT2D eigenvalue weighted by atomic mass is 9.97. The van der Waals surface area contributed by atoms with Gasteiger partial charge >= 0.3 is 0 Å². The highest BCUT2D eigenvalue weighted by Crippen LogP contribution is 2.32. The van der Waals surface area contributed by atoms with Gasteiger partial charge < -0.3 is 9.84 Å². The molecule has 1 aromatic carbocycles. The molecule has 1 aromatic rings. The van der Waals surface area contributed by atoms with Gasteiger partial charge in [0.05, 0.1) is 17.1 Å². The molecular formula is C14H19NO4. The quantitative estimate of drug-likeness (QED) is 0.669. The van der Waals surface area contributed by atoms with Crippen molar-refractivity contribution in [2.24, 2.45) is 0 Å². The van der Waals surface area contributed by atoms with Gasteiger partial charge in [0.2, 0.25) is 0 Å². The van der Waals surface area contributed by atoms with E-state index in [1.165, 1.54) is 18.6 Å². The SMILES string of the molecule is CC(O)c1cc([N+](=O)[O-])ccc1OC1CCCCC1. The summed E-state index contributed by atoms with van der Waals surface area (Å²) in [6.45, 7) is 1.59. The zero-order valence-electron chi connectivity index (χ0n) is 11.0. The number of rotatable bonds is 4. The van der Waals surface area contributed by atoms with Gasteiger partial charge in [0, 0.05) is 17.7 Å². The smallest absolute Gasteiger partial charge is 0.270 e. The van der Waals surface area contributed by atoms with Crippen LogP contribution in [0.15, 0.2) is 18.2 Å². The first-order chi connectivity index (χ1) is 9.08. The molecule has 1 saturated carbocycles. The van der Waals surface area contributed by atoms with Crippen molar-refractivity contribution in [3.63, 3.8) is 0 Å². The number of benzene rings is 1. The molecule has 0 aromatic heterocycles. The molecule has 1 fully saturated rings. The Morgan fingerprint density at radius 1 is 1.37 bits per heavy atom. The maximum absolute atomic E-state index is 10.8. The molecule has 1 aliphatic rings. The first kappa shape index (κ1) is 13.8. The van der Waals surface area contributed by atoms with Gasteiger partial charge in [0.1, 0.15) is 5.75 Å². The normalized spacial score (nSPS) is 18.0. The lowest BCUT2D eigenvalue weighted by molar-refractivity contribution is -0.385. The Labute approximate surface area is 112 Å². The number of nitro groups is 1. The Hall–Kier alpha value is -1.62. The fraction of sp³-hybridized carbons (Fsp3) is 0.571. The minimum atomic E-state index is -0.779. The van der Waals surface area contributed by atoms with Crippen LogP contribution in [-0.2, 0) is 0 Å². The molecule has 2 rings (SSSR count). The zero-order valence-corrected chi connectivity index (χ0v) is 11.0. The third-order valence-corrected chi connectivity index (χ3v) is 3.50. The fourth-order valence-electron chi connectivity index (χ4n) is 2.45. The van der Waals surface area contributed by atoms with Crippen LogP contribution in [0.3, 0.4) is 0 Å². The van der Waals surface area contributed by atoms with Gasteiger partial charge in [-0.1, -0.05) is 6.42 Å². The predicted octanol–water partition coefficient (Wildman–Crippen LogP) is 3.36. The molecule has 0 aliphatic heterocycles. The molecule has 1 unspecified atom stereocenters. The molecule has 0 amide bonds. The van der Waals surface area contributed by atoms with E-state index in [-0.39, 0.29) is 11.8 Å². The van der Waals surface area contributed by atoms with E-state index < -0.39 is 11.0 Å². The first-order valence-corrected chi connectivity index (χ1v) is 6.71. The molecule has 5 heteroatoms. The average Bonchev–Trinajstić information content (AvgIpc) is 2.39. The van der Waals surface area contributed by atoms with Crippen molar-refractivity contribution in [1.29, 1.82) is 0 Å². The van der Waals surface area contributed by atoms with Crippen LogP contribution < -0.4 is 4.74 Å². The minimum absolute atomic E-state index is 0.0214. The number of non-ortho nitro benzene ring substituents is 1. The van der Waals surface area contributed by atoms with E-state index in [1.807, 2.05) is 0 Å². The summed E-state index contributed by atoms with van der Waals surface area (Å²) in [5.41, 5.74) is 0.465. The molecule has 104 valence electrons. The van der Waals surface area contributed by atoms with Gasteiger partial charge in [-0.15, -0.1) is 0 Å². The Kier molecular flexibility index (Phi) is 4.37. The van der Waals surface area contributed by atoms with Gasteiger partial charge in [-0.05, 0) is 38.7 Å². The van der Waals surface area contributed by atoms with E-state index in [1.54, 1.807) is 13.0 Å². The second-order valence-corrected chi connectivity index (χ2v) is 5.03. The number of ether oxygens (including phenoxy) is 1. The molecule has 0 spiro atoms. The highest BCUT2D eigenvalue weighted by Gasteiger charge is 2.20. The van der Waals surface area contributed by atoms with Crippen LogP contribution in [-0.4, -0.2) is 16.1 Å². The molecule has 0 bridgehead atoms. The Morgan fingerprint density at radius 2 is 2.05 bits per heavy atom. The maximum Gasteiger partial charge on any atom is 0.270 e. The molecule has 1 N–H and O–H groups in total. The highest BCUT2D eigenvalue weighted by molar-refractivity contribution is 5.44. The van der Waals surface area contributed by atoms with Gasteiger partial charge in [0.15, 0.2) is 0 Å². The molecule has 1 atom stereocenters. The second-order valence-electron chi connectivity index (χ2n) is 5.03. The van der Waals surface area contributed by atoms with Crippen molar-refractivity contribution < 1.29 is 14.8 Å². The second kappa shape index (κ2) is 6.02. The molecule has 19 heavy (non-hydrogen) atoms. The van der Waals surface area contributed by atoms with Crippen LogP contribution >= 0.6 is 0 Å². The summed E-state index contributed by atoms with van der Waals surface area (Å²) in [5.74, 6) is 0.563. The topological polar surface area (TPSA) is 72.6 Å². The van der Waals surface area contributed by atoms with Crippen molar-refractivity contribution in [3.8, 4) is 5.75 Å². The Bertz CT molecular complexity index is 453. The number of hydrogen-bond donors (Lipinski definition) is 1. The molecular weight excluding hydrogens is 246 g/mol. The van der Waals surface area contributed by atoms with E-state index in [0.717, 1.165) is 25.7 Å². The van der Waals surface area contributed by atoms with Gasteiger partial charge in [-0.3, -0.25) is 10.1 Å². The van der Waals surface area contributed by atoms with Crippen LogP contribution in [0.25, 0.3) is 0 Å². The van der Waals surface area contributed by atoms with Crippen LogP contribution in [0, 0.1) is 10.1 Å². The summed E-state index contributed by atoms with van der Waals surface area (Å²) >= 11 is 0. The Balaban J connectivity index is 2.20. The van der Waals surface area contributed by atoms with E-state index >= 15 is 0 Å². The maximum atomic E-state index is 10.8. The minimum Gasteiger partial charge on any atom is -0.490 e. The molecule has 0 heterocycles. The van der Waals surface area contributed by atoms with Crippen molar-refractivity contribution >= 4 is 5.69 Å². The number of nitrogens with zero attached hydrogens (tertiary/aromatic N) is 1. The van der Waals surface area contributed by atoms with Crippen molar-refractivity contribution in [3.05, 3.63) is 33.9 Å². The number of hydrogen-bond acceptors (Lipinski definition) is 4. The van der Waals surface area contributed by atoms with Gasteiger partial charge in [-0.25, -0.2) is 0 Å². The summed E-state index contributed by atoms with van der Waals surface area (Å²) in [7, 11) is 0. The number of nitro benzene ring substituents is 1. The van der Waals surface area contributed by atoms with E-state index in [2.05, 4.69) is 0 Å². The largest absolute Gasteiger partial charge is 0.490 e. The third kappa shape index (κ3) is 3.44. The number of aliphatic hydroxyl groups excluding tert-OH is 1. The third-order valence-electron chi connectivity index (χ3n) is 3.50. The lowest BCUT2D eigenvalue weighted by Crippen LogP contribution is -2.20. The van der Waals surface area contributed by atoms with Crippen LogP contribution in [0.1, 0.15) is 50.7 Å². The van der Waals surface area contributed by atoms with E-state index in [4.69, 9.17) is 4.74 Å². The average molecular weight is 265 g/mol. The first-order valence-electron chi connectivity index (χ1n) is 6.71. The highest BCUT2D eigenvalue weighted by atomic mass is 16.6. The summed E-state index contributed by atoms with van der Waals surface area (Å²) < 4.78 is 5.90. The summed E-state index contributed by atoms with van der Waals surface area (Å²) in [6.07, 6.45) is 4.95. The standard InChI is InChI=1S/C14H19NO4/c1-10(16)13-9-11(15(17)18)7-8-14(13)19-12-5-3-2-4-6-12/h7-10,12,16H,2-6H2,1H3. The van der Waals surface area contributed by atoms with Crippen molar-refractivity contribution in [2.45, 2.75) is 51.2 Å².